The van der Waals surface area contributed by atoms with Gasteiger partial charge in [-0.25, -0.2) is 8.78 Å². The van der Waals surface area contributed by atoms with Gasteiger partial charge in [-0.1, -0.05) is 19.4 Å². The molecule has 0 aromatic heterocycles. The maximum Gasteiger partial charge on any atom is 0.264 e. The molecule has 0 aliphatic carbocycles. The molecule has 1 heterocycles. The minimum atomic E-state index is -2.59. The molecule has 8 heteroatoms. The van der Waals surface area contributed by atoms with Crippen LogP contribution in [0.5, 0.6) is 0 Å². The first-order valence-corrected chi connectivity index (χ1v) is 12.1. The minimum Gasteiger partial charge on any atom is -0.394 e. The Morgan fingerprint density at radius 3 is 2.64 bits per heavy atom. The van der Waals surface area contributed by atoms with E-state index in [4.69, 9.17) is 11.5 Å². The Kier molecular flexibility index (Phi) is 11.8. The van der Waals surface area contributed by atoms with Gasteiger partial charge in [0.1, 0.15) is 0 Å². The van der Waals surface area contributed by atoms with Crippen molar-refractivity contribution in [3.05, 3.63) is 46.3 Å². The first kappa shape index (κ1) is 27.2. The van der Waals surface area contributed by atoms with Crippen LogP contribution in [0.25, 0.3) is 11.1 Å². The second kappa shape index (κ2) is 14.3. The molecule has 0 spiro atoms. The van der Waals surface area contributed by atoms with E-state index in [-0.39, 0.29) is 12.1 Å². The maximum absolute atomic E-state index is 14.2. The molecule has 2 rings (SSSR count). The van der Waals surface area contributed by atoms with Crippen molar-refractivity contribution in [2.24, 2.45) is 11.5 Å². The predicted molar refractivity (Wildman–Crippen MR) is 135 cm³/mol. The third-order valence-corrected chi connectivity index (χ3v) is 6.13. The van der Waals surface area contributed by atoms with E-state index in [2.05, 4.69) is 35.1 Å². The van der Waals surface area contributed by atoms with E-state index in [1.54, 1.807) is 19.3 Å². The highest BCUT2D eigenvalue weighted by atomic mass is 19.3. The summed E-state index contributed by atoms with van der Waals surface area (Å²) in [5.74, 6) is 0. The molecule has 1 fully saturated rings. The highest BCUT2D eigenvalue weighted by molar-refractivity contribution is 5.76. The largest absolute Gasteiger partial charge is 0.394 e. The van der Waals surface area contributed by atoms with Gasteiger partial charge in [0, 0.05) is 50.3 Å². The number of halogens is 2. The lowest BCUT2D eigenvalue weighted by Gasteiger charge is -2.23. The molecule has 0 saturated carbocycles. The Bertz CT molecular complexity index is 800. The van der Waals surface area contributed by atoms with Crippen molar-refractivity contribution in [1.82, 2.24) is 21.3 Å². The van der Waals surface area contributed by atoms with Crippen LogP contribution in [-0.2, 0) is 6.42 Å². The Labute approximate surface area is 197 Å². The van der Waals surface area contributed by atoms with E-state index in [9.17, 15) is 8.78 Å². The summed E-state index contributed by atoms with van der Waals surface area (Å²) in [5, 5.41) is 13.2. The van der Waals surface area contributed by atoms with Crippen molar-refractivity contribution in [3.8, 4) is 0 Å². The SMILES string of the molecule is CCC/C(NC1CCNC1)=C(\C)c1cc(C(F)F)c(/C(=C/NC)CN)cc1CCCNCN. The van der Waals surface area contributed by atoms with Gasteiger partial charge in [-0.05, 0) is 79.6 Å². The number of benzene rings is 1. The quantitative estimate of drug-likeness (QED) is 0.187. The molecule has 0 radical (unpaired) electrons. The zero-order valence-corrected chi connectivity index (χ0v) is 20.4. The van der Waals surface area contributed by atoms with E-state index in [0.29, 0.717) is 23.8 Å². The van der Waals surface area contributed by atoms with Gasteiger partial charge < -0.3 is 32.7 Å². The van der Waals surface area contributed by atoms with E-state index in [1.807, 2.05) is 6.07 Å². The molecule has 33 heavy (non-hydrogen) atoms. The summed E-state index contributed by atoms with van der Waals surface area (Å²) in [4.78, 5) is 0. The van der Waals surface area contributed by atoms with Crippen LogP contribution in [0.4, 0.5) is 8.78 Å². The average Bonchev–Trinajstić information content (AvgIpc) is 3.32. The topological polar surface area (TPSA) is 100 Å². The van der Waals surface area contributed by atoms with E-state index in [1.165, 1.54) is 0 Å². The van der Waals surface area contributed by atoms with Gasteiger partial charge in [-0.2, -0.15) is 0 Å². The standard InChI is InChI=1S/C25H42F2N6/c1-4-6-24(33-20-8-10-31-15-20)17(2)21-12-23(25(26)27)22(19(13-28)14-30-3)11-18(21)7-5-9-32-16-29/h11-12,14,20,25,30-33H,4-10,13,15-16,28-29H2,1-3H3/b19-14+,24-17-. The van der Waals surface area contributed by atoms with Crippen molar-refractivity contribution < 1.29 is 8.78 Å². The van der Waals surface area contributed by atoms with Crippen LogP contribution >= 0.6 is 0 Å². The monoisotopic (exact) mass is 464 g/mol. The highest BCUT2D eigenvalue weighted by Crippen LogP contribution is 2.35. The van der Waals surface area contributed by atoms with E-state index >= 15 is 0 Å². The summed E-state index contributed by atoms with van der Waals surface area (Å²) in [5.41, 5.74) is 16.8. The van der Waals surface area contributed by atoms with Gasteiger partial charge in [0.2, 0.25) is 0 Å². The summed E-state index contributed by atoms with van der Waals surface area (Å²) >= 11 is 0. The van der Waals surface area contributed by atoms with Gasteiger partial charge in [0.25, 0.3) is 6.43 Å². The maximum atomic E-state index is 14.2. The second-order valence-corrected chi connectivity index (χ2v) is 8.55. The van der Waals surface area contributed by atoms with Crippen molar-refractivity contribution in [2.45, 2.75) is 58.4 Å². The van der Waals surface area contributed by atoms with Crippen LogP contribution in [-0.4, -0.2) is 45.9 Å². The molecule has 0 bridgehead atoms. The molecule has 1 unspecified atom stereocenters. The van der Waals surface area contributed by atoms with Gasteiger partial charge in [0.15, 0.2) is 0 Å². The lowest BCUT2D eigenvalue weighted by Crippen LogP contribution is -2.31. The normalized spacial score (nSPS) is 17.5. The third-order valence-electron chi connectivity index (χ3n) is 6.13. The first-order valence-electron chi connectivity index (χ1n) is 12.1. The molecule has 1 aliphatic rings. The smallest absolute Gasteiger partial charge is 0.264 e. The van der Waals surface area contributed by atoms with Crippen LogP contribution in [0.1, 0.15) is 68.2 Å². The summed E-state index contributed by atoms with van der Waals surface area (Å²) in [7, 11) is 1.75. The highest BCUT2D eigenvalue weighted by Gasteiger charge is 2.22. The molecule has 1 atom stereocenters. The van der Waals surface area contributed by atoms with Crippen molar-refractivity contribution in [2.75, 3.05) is 39.9 Å². The van der Waals surface area contributed by atoms with Crippen LogP contribution in [0.3, 0.4) is 0 Å². The molecule has 8 N–H and O–H groups in total. The van der Waals surface area contributed by atoms with Crippen LogP contribution in [0.2, 0.25) is 0 Å². The third kappa shape index (κ3) is 7.78. The summed E-state index contributed by atoms with van der Waals surface area (Å²) in [6.07, 6.45) is 3.68. The number of nitrogens with two attached hydrogens (primary N) is 2. The van der Waals surface area contributed by atoms with Gasteiger partial charge in [-0.15, -0.1) is 0 Å². The lowest BCUT2D eigenvalue weighted by atomic mass is 9.88. The molecule has 1 saturated heterocycles. The zero-order chi connectivity index (χ0) is 24.2. The van der Waals surface area contributed by atoms with Crippen LogP contribution < -0.4 is 32.7 Å². The molecule has 0 amide bonds. The Balaban J connectivity index is 2.59. The van der Waals surface area contributed by atoms with E-state index < -0.39 is 6.43 Å². The fraction of sp³-hybridized carbons (Fsp3) is 0.600. The molecule has 1 aromatic rings. The number of allylic oxidation sites excluding steroid dienone is 2. The lowest BCUT2D eigenvalue weighted by molar-refractivity contribution is 0.151. The van der Waals surface area contributed by atoms with Gasteiger partial charge >= 0.3 is 0 Å². The number of alkyl halides is 2. The number of aryl methyl sites for hydroxylation is 1. The molecule has 1 aliphatic heterocycles. The van der Waals surface area contributed by atoms with Gasteiger partial charge in [0.05, 0.1) is 0 Å². The molecular weight excluding hydrogens is 422 g/mol. The fourth-order valence-corrected chi connectivity index (χ4v) is 4.41. The Morgan fingerprint density at radius 2 is 2.06 bits per heavy atom. The van der Waals surface area contributed by atoms with Crippen molar-refractivity contribution >= 4 is 11.1 Å². The average molecular weight is 465 g/mol. The predicted octanol–water partition coefficient (Wildman–Crippen LogP) is 3.06. The van der Waals surface area contributed by atoms with Crippen molar-refractivity contribution in [3.63, 3.8) is 0 Å². The van der Waals surface area contributed by atoms with Gasteiger partial charge in [-0.3, -0.25) is 0 Å². The van der Waals surface area contributed by atoms with Crippen LogP contribution in [0, 0.1) is 0 Å². The summed E-state index contributed by atoms with van der Waals surface area (Å²) in [6.45, 7) is 7.50. The number of hydrogen-bond acceptors (Lipinski definition) is 6. The van der Waals surface area contributed by atoms with Crippen molar-refractivity contribution in [1.29, 1.82) is 0 Å². The number of nitrogens with one attached hydrogen (secondary N) is 4. The zero-order valence-electron chi connectivity index (χ0n) is 20.4. The number of hydrogen-bond donors (Lipinski definition) is 6. The Morgan fingerprint density at radius 1 is 1.27 bits per heavy atom. The second-order valence-electron chi connectivity index (χ2n) is 8.55. The molecular formula is C25H42F2N6. The first-order chi connectivity index (χ1) is 16.0. The minimum absolute atomic E-state index is 0.0264. The van der Waals surface area contributed by atoms with E-state index in [0.717, 1.165) is 74.1 Å². The molecule has 186 valence electrons. The number of rotatable bonds is 14. The Hall–Kier alpha value is -2.00. The molecule has 1 aromatic carbocycles. The summed E-state index contributed by atoms with van der Waals surface area (Å²) < 4.78 is 28.4. The molecule has 6 nitrogen and oxygen atoms in total. The fourth-order valence-electron chi connectivity index (χ4n) is 4.41. The van der Waals surface area contributed by atoms with Crippen LogP contribution in [0.15, 0.2) is 24.0 Å². The summed E-state index contributed by atoms with van der Waals surface area (Å²) in [6, 6.07) is 3.97.